The molecule has 1 aromatic heterocycles. The number of carbonyl (C=O) groups excluding carboxylic acids is 1. The van der Waals surface area contributed by atoms with Gasteiger partial charge in [-0.15, -0.1) is 0 Å². The first kappa shape index (κ1) is 8.67. The Bertz CT molecular complexity index is 337. The minimum absolute atomic E-state index is 0.0910. The van der Waals surface area contributed by atoms with Gasteiger partial charge in [-0.2, -0.15) is 0 Å². The average molecular weight is 186 g/mol. The lowest BCUT2D eigenvalue weighted by atomic mass is 10.2. The Morgan fingerprint density at radius 2 is 2.17 bits per heavy atom. The minimum atomic E-state index is -1.54. The normalized spacial score (nSPS) is 9.42. The van der Waals surface area contributed by atoms with Gasteiger partial charge in [0.2, 0.25) is 0 Å². The first-order chi connectivity index (χ1) is 5.63. The maximum absolute atomic E-state index is 10.8. The molecule has 0 unspecified atom stereocenters. The second-order valence-electron chi connectivity index (χ2n) is 1.98. The van der Waals surface area contributed by atoms with E-state index in [1.54, 1.807) is 0 Å². The number of hydrogen-bond donors (Lipinski definition) is 1. The van der Waals surface area contributed by atoms with Crippen molar-refractivity contribution in [2.24, 2.45) is 0 Å². The van der Waals surface area contributed by atoms with E-state index in [4.69, 9.17) is 16.7 Å². The lowest BCUT2D eigenvalue weighted by Gasteiger charge is -1.95. The number of pyridine rings is 1. The maximum atomic E-state index is 10.8. The molecule has 0 aliphatic carbocycles. The molecule has 62 valence electrons. The molecule has 0 amide bonds. The van der Waals surface area contributed by atoms with Crippen LogP contribution in [0.4, 0.5) is 0 Å². The van der Waals surface area contributed by atoms with Crippen molar-refractivity contribution in [3.05, 3.63) is 29.0 Å². The number of carboxylic acid groups (broad SMARTS) is 1. The molecular formula is C7H4ClNO3. The molecule has 1 aromatic rings. The van der Waals surface area contributed by atoms with Gasteiger partial charge in [-0.3, -0.25) is 4.79 Å². The van der Waals surface area contributed by atoms with Gasteiger partial charge in [0.25, 0.3) is 5.78 Å². The summed E-state index contributed by atoms with van der Waals surface area (Å²) in [5.41, 5.74) is -0.0910. The fourth-order valence-corrected chi connectivity index (χ4v) is 0.876. The zero-order valence-corrected chi connectivity index (χ0v) is 6.58. The molecule has 0 aliphatic rings. The number of ketones is 1. The predicted molar refractivity (Wildman–Crippen MR) is 41.2 cm³/mol. The molecule has 0 aromatic carbocycles. The quantitative estimate of drug-likeness (QED) is 0.424. The lowest BCUT2D eigenvalue weighted by Crippen LogP contribution is -2.13. The van der Waals surface area contributed by atoms with Gasteiger partial charge >= 0.3 is 5.97 Å². The Kier molecular flexibility index (Phi) is 2.40. The molecule has 1 heterocycles. The molecule has 0 radical (unpaired) electrons. The summed E-state index contributed by atoms with van der Waals surface area (Å²) < 4.78 is 0. The summed E-state index contributed by atoms with van der Waals surface area (Å²) in [6.07, 6.45) is 1.38. The third kappa shape index (κ3) is 1.60. The summed E-state index contributed by atoms with van der Waals surface area (Å²) >= 11 is 5.47. The number of carboxylic acids is 1. The number of nitrogens with zero attached hydrogens (tertiary/aromatic N) is 1. The third-order valence-electron chi connectivity index (χ3n) is 1.20. The van der Waals surface area contributed by atoms with Gasteiger partial charge in [0, 0.05) is 6.20 Å². The lowest BCUT2D eigenvalue weighted by molar-refractivity contribution is -0.131. The van der Waals surface area contributed by atoms with Crippen molar-refractivity contribution in [2.75, 3.05) is 0 Å². The Morgan fingerprint density at radius 3 is 2.67 bits per heavy atom. The number of aliphatic carboxylic acids is 1. The monoisotopic (exact) mass is 185 g/mol. The van der Waals surface area contributed by atoms with Crippen LogP contribution in [0.15, 0.2) is 18.3 Å². The fraction of sp³-hybridized carbons (Fsp3) is 0. The number of halogens is 1. The maximum Gasteiger partial charge on any atom is 0.377 e. The summed E-state index contributed by atoms with van der Waals surface area (Å²) in [6.45, 7) is 0. The van der Waals surface area contributed by atoms with E-state index in [1.165, 1.54) is 18.3 Å². The molecular weight excluding hydrogens is 182 g/mol. The molecule has 0 saturated carbocycles. The minimum Gasteiger partial charge on any atom is -0.475 e. The molecule has 5 heteroatoms. The van der Waals surface area contributed by atoms with Crippen LogP contribution in [0.25, 0.3) is 0 Å². The van der Waals surface area contributed by atoms with Gasteiger partial charge in [-0.25, -0.2) is 9.78 Å². The summed E-state index contributed by atoms with van der Waals surface area (Å²) in [6, 6.07) is 2.76. The van der Waals surface area contributed by atoms with Crippen LogP contribution in [0, 0.1) is 0 Å². The summed E-state index contributed by atoms with van der Waals surface area (Å²) in [5, 5.41) is 8.23. The predicted octanol–water partition coefficient (Wildman–Crippen LogP) is 1.00. The highest BCUT2D eigenvalue weighted by Gasteiger charge is 2.17. The van der Waals surface area contributed by atoms with Crippen molar-refractivity contribution in [3.63, 3.8) is 0 Å². The van der Waals surface area contributed by atoms with Crippen LogP contribution < -0.4 is 0 Å². The Hall–Kier alpha value is -1.42. The van der Waals surface area contributed by atoms with Crippen molar-refractivity contribution in [3.8, 4) is 0 Å². The SMILES string of the molecule is O=C(O)C(=O)c1cccnc1Cl. The number of hydrogen-bond acceptors (Lipinski definition) is 3. The number of carbonyl (C=O) groups is 2. The van der Waals surface area contributed by atoms with Gasteiger partial charge in [-0.1, -0.05) is 11.6 Å². The van der Waals surface area contributed by atoms with Gasteiger partial charge in [0.05, 0.1) is 5.56 Å². The number of rotatable bonds is 2. The molecule has 4 nitrogen and oxygen atoms in total. The van der Waals surface area contributed by atoms with Crippen LogP contribution in [0.2, 0.25) is 5.15 Å². The van der Waals surface area contributed by atoms with E-state index in [0.717, 1.165) is 0 Å². The van der Waals surface area contributed by atoms with Crippen molar-refractivity contribution in [2.45, 2.75) is 0 Å². The first-order valence-electron chi connectivity index (χ1n) is 3.01. The molecule has 0 bridgehead atoms. The van der Waals surface area contributed by atoms with Crippen molar-refractivity contribution >= 4 is 23.4 Å². The molecule has 1 N–H and O–H groups in total. The van der Waals surface area contributed by atoms with Crippen LogP contribution in [0.5, 0.6) is 0 Å². The third-order valence-corrected chi connectivity index (χ3v) is 1.50. The van der Waals surface area contributed by atoms with E-state index in [9.17, 15) is 9.59 Å². The smallest absolute Gasteiger partial charge is 0.377 e. The zero-order valence-electron chi connectivity index (χ0n) is 5.82. The Morgan fingerprint density at radius 1 is 1.50 bits per heavy atom. The number of Topliss-reactive ketones (excluding diaryl/α,β-unsaturated/α-hetero) is 1. The van der Waals surface area contributed by atoms with Crippen LogP contribution in [-0.2, 0) is 4.79 Å². The topological polar surface area (TPSA) is 67.3 Å². The average Bonchev–Trinajstić information content (AvgIpc) is 2.04. The first-order valence-corrected chi connectivity index (χ1v) is 3.39. The Labute approximate surface area is 72.8 Å². The molecule has 0 saturated heterocycles. The van der Waals surface area contributed by atoms with Gasteiger partial charge in [0.1, 0.15) is 5.15 Å². The van der Waals surface area contributed by atoms with E-state index in [1.807, 2.05) is 0 Å². The van der Waals surface area contributed by atoms with E-state index in [-0.39, 0.29) is 10.7 Å². The highest BCUT2D eigenvalue weighted by Crippen LogP contribution is 2.11. The molecule has 0 aliphatic heterocycles. The summed E-state index contributed by atoms with van der Waals surface area (Å²) in [5.74, 6) is -2.59. The molecule has 1 rings (SSSR count). The summed E-state index contributed by atoms with van der Waals surface area (Å²) in [7, 11) is 0. The molecule has 0 fully saturated rings. The van der Waals surface area contributed by atoms with E-state index in [2.05, 4.69) is 4.98 Å². The van der Waals surface area contributed by atoms with Crippen LogP contribution in [0.1, 0.15) is 10.4 Å². The zero-order chi connectivity index (χ0) is 9.14. The van der Waals surface area contributed by atoms with Gasteiger partial charge < -0.3 is 5.11 Å². The standard InChI is InChI=1S/C7H4ClNO3/c8-6-4(2-1-3-9-6)5(10)7(11)12/h1-3H,(H,11,12). The largest absolute Gasteiger partial charge is 0.475 e. The van der Waals surface area contributed by atoms with Gasteiger partial charge in [-0.05, 0) is 12.1 Å². The Balaban J connectivity index is 3.11. The van der Waals surface area contributed by atoms with Crippen LogP contribution >= 0.6 is 11.6 Å². The molecule has 0 atom stereocenters. The van der Waals surface area contributed by atoms with E-state index < -0.39 is 11.8 Å². The highest BCUT2D eigenvalue weighted by atomic mass is 35.5. The van der Waals surface area contributed by atoms with Crippen LogP contribution in [-0.4, -0.2) is 21.8 Å². The van der Waals surface area contributed by atoms with E-state index >= 15 is 0 Å². The van der Waals surface area contributed by atoms with Crippen LogP contribution in [0.3, 0.4) is 0 Å². The fourth-order valence-electron chi connectivity index (χ4n) is 0.671. The van der Waals surface area contributed by atoms with E-state index in [0.29, 0.717) is 0 Å². The van der Waals surface area contributed by atoms with Crippen molar-refractivity contribution < 1.29 is 14.7 Å². The van der Waals surface area contributed by atoms with Gasteiger partial charge in [0.15, 0.2) is 0 Å². The second-order valence-corrected chi connectivity index (χ2v) is 2.33. The molecule has 12 heavy (non-hydrogen) atoms. The molecule has 0 spiro atoms. The van der Waals surface area contributed by atoms with Crippen molar-refractivity contribution in [1.82, 2.24) is 4.98 Å². The van der Waals surface area contributed by atoms with Crippen molar-refractivity contribution in [1.29, 1.82) is 0 Å². The highest BCUT2D eigenvalue weighted by molar-refractivity contribution is 6.44. The number of aromatic nitrogens is 1. The second kappa shape index (κ2) is 3.32. The summed E-state index contributed by atoms with van der Waals surface area (Å²) in [4.78, 5) is 24.6.